The number of benzene rings is 2. The third-order valence-electron chi connectivity index (χ3n) is 8.62. The Labute approximate surface area is 244 Å². The number of nitrogens with zero attached hydrogens (tertiary/aromatic N) is 1. The van der Waals surface area contributed by atoms with Crippen LogP contribution in [0.4, 0.5) is 5.69 Å². The number of likely N-dealkylation sites (N-methyl/N-ethyl adjacent to an activating group) is 1. The van der Waals surface area contributed by atoms with E-state index in [1.807, 2.05) is 24.3 Å². The SMILES string of the molecule is CN(C)[C@@H]1C(=O)C(C(N)=O)=C(O)[C@@]2(O)C(=O)C3=C(O)c4c(O)ccc(-c5ccc(NCC(C)(C)C)cc5)c4C[C@H]3C[C@@H]12. The molecule has 5 rings (SSSR count). The number of carbonyl (C=O) groups is 3. The molecule has 222 valence electrons. The van der Waals surface area contributed by atoms with E-state index in [4.69, 9.17) is 5.73 Å². The van der Waals surface area contributed by atoms with Crippen LogP contribution in [0.3, 0.4) is 0 Å². The smallest absolute Gasteiger partial charge is 0.255 e. The van der Waals surface area contributed by atoms with Crippen molar-refractivity contribution in [1.82, 2.24) is 4.90 Å². The lowest BCUT2D eigenvalue weighted by Gasteiger charge is -2.50. The largest absolute Gasteiger partial charge is 0.508 e. The number of hydrogen-bond donors (Lipinski definition) is 6. The van der Waals surface area contributed by atoms with Gasteiger partial charge in [0.2, 0.25) is 5.78 Å². The van der Waals surface area contributed by atoms with Crippen molar-refractivity contribution in [3.8, 4) is 16.9 Å². The minimum atomic E-state index is -2.66. The molecule has 7 N–H and O–H groups in total. The molecule has 4 atom stereocenters. The number of aliphatic hydroxyl groups excluding tert-OH is 2. The fraction of sp³-hybridized carbons (Fsp3) is 0.406. The van der Waals surface area contributed by atoms with Crippen LogP contribution in [-0.2, 0) is 20.8 Å². The number of fused-ring (bicyclic) bond motifs is 3. The zero-order chi connectivity index (χ0) is 30.9. The first-order valence-electron chi connectivity index (χ1n) is 13.9. The fourth-order valence-electron chi connectivity index (χ4n) is 6.65. The summed E-state index contributed by atoms with van der Waals surface area (Å²) in [5.74, 6) is -6.68. The van der Waals surface area contributed by atoms with E-state index in [1.54, 1.807) is 20.2 Å². The van der Waals surface area contributed by atoms with E-state index in [0.717, 1.165) is 23.4 Å². The minimum absolute atomic E-state index is 0.0382. The number of phenolic OH excluding ortho intramolecular Hbond substituents is 1. The van der Waals surface area contributed by atoms with Crippen LogP contribution in [0.5, 0.6) is 5.75 Å². The first-order valence-corrected chi connectivity index (χ1v) is 13.9. The molecular formula is C32H37N3O7. The summed E-state index contributed by atoms with van der Waals surface area (Å²) in [6, 6.07) is 9.85. The number of ketones is 2. The van der Waals surface area contributed by atoms with Gasteiger partial charge in [-0.3, -0.25) is 19.3 Å². The molecule has 10 nitrogen and oxygen atoms in total. The van der Waals surface area contributed by atoms with E-state index >= 15 is 0 Å². The first kappa shape index (κ1) is 29.3. The number of rotatable bonds is 5. The monoisotopic (exact) mass is 575 g/mol. The van der Waals surface area contributed by atoms with Crippen molar-refractivity contribution in [1.29, 1.82) is 0 Å². The van der Waals surface area contributed by atoms with Gasteiger partial charge in [0.25, 0.3) is 5.91 Å². The van der Waals surface area contributed by atoms with Gasteiger partial charge in [0.05, 0.1) is 11.6 Å². The molecule has 0 spiro atoms. The Morgan fingerprint density at radius 2 is 1.71 bits per heavy atom. The molecule has 3 aliphatic rings. The Morgan fingerprint density at radius 1 is 1.07 bits per heavy atom. The van der Waals surface area contributed by atoms with E-state index in [1.165, 1.54) is 11.0 Å². The van der Waals surface area contributed by atoms with Crippen LogP contribution in [0.25, 0.3) is 16.9 Å². The second-order valence-corrected chi connectivity index (χ2v) is 12.9. The number of nitrogens with two attached hydrogens (primary N) is 1. The highest BCUT2D eigenvalue weighted by atomic mass is 16.3. The van der Waals surface area contributed by atoms with Gasteiger partial charge in [-0.2, -0.15) is 0 Å². The van der Waals surface area contributed by atoms with Gasteiger partial charge in [0.15, 0.2) is 11.4 Å². The lowest BCUT2D eigenvalue weighted by Crippen LogP contribution is -2.65. The predicted octanol–water partition coefficient (Wildman–Crippen LogP) is 3.09. The van der Waals surface area contributed by atoms with E-state index in [9.17, 15) is 34.8 Å². The zero-order valence-electron chi connectivity index (χ0n) is 24.4. The van der Waals surface area contributed by atoms with Gasteiger partial charge < -0.3 is 31.5 Å². The molecule has 2 aromatic rings. The number of amides is 1. The Bertz CT molecular complexity index is 1570. The van der Waals surface area contributed by atoms with Crippen LogP contribution in [0.15, 0.2) is 53.3 Å². The summed E-state index contributed by atoms with van der Waals surface area (Å²) in [6.07, 6.45) is 0.263. The maximum atomic E-state index is 14.0. The van der Waals surface area contributed by atoms with Crippen LogP contribution in [0.2, 0.25) is 0 Å². The zero-order valence-corrected chi connectivity index (χ0v) is 24.4. The lowest BCUT2D eigenvalue weighted by molar-refractivity contribution is -0.153. The number of nitrogens with one attached hydrogen (secondary N) is 1. The molecule has 2 aromatic carbocycles. The van der Waals surface area contributed by atoms with E-state index in [-0.39, 0.29) is 35.1 Å². The van der Waals surface area contributed by atoms with Crippen LogP contribution in [0.1, 0.15) is 38.3 Å². The van der Waals surface area contributed by atoms with Crippen molar-refractivity contribution < 1.29 is 34.8 Å². The number of aromatic hydroxyl groups is 1. The molecule has 0 aromatic heterocycles. The Kier molecular flexibility index (Phi) is 6.98. The summed E-state index contributed by atoms with van der Waals surface area (Å²) >= 11 is 0. The van der Waals surface area contributed by atoms with Crippen molar-refractivity contribution in [3.63, 3.8) is 0 Å². The Morgan fingerprint density at radius 3 is 2.29 bits per heavy atom. The topological polar surface area (TPSA) is 173 Å². The summed E-state index contributed by atoms with van der Waals surface area (Å²) in [5, 5.41) is 48.4. The second kappa shape index (κ2) is 9.99. The highest BCUT2D eigenvalue weighted by Gasteiger charge is 2.64. The van der Waals surface area contributed by atoms with Crippen molar-refractivity contribution in [2.45, 2.75) is 45.3 Å². The average molecular weight is 576 g/mol. The van der Waals surface area contributed by atoms with Crippen LogP contribution in [-0.4, -0.2) is 75.1 Å². The van der Waals surface area contributed by atoms with Gasteiger partial charge in [-0.05, 0) is 73.2 Å². The number of primary amides is 1. The number of Topliss-reactive ketones (excluding diaryl/α,β-unsaturated/α-hetero) is 2. The van der Waals surface area contributed by atoms with Crippen molar-refractivity contribution in [2.24, 2.45) is 23.0 Å². The number of aliphatic hydroxyl groups is 3. The number of anilines is 1. The molecule has 10 heteroatoms. The minimum Gasteiger partial charge on any atom is -0.508 e. The predicted molar refractivity (Wildman–Crippen MR) is 158 cm³/mol. The molecule has 0 unspecified atom stereocenters. The van der Waals surface area contributed by atoms with Crippen LogP contribution < -0.4 is 11.1 Å². The van der Waals surface area contributed by atoms with Gasteiger partial charge in [-0.15, -0.1) is 0 Å². The van der Waals surface area contributed by atoms with Crippen LogP contribution in [0, 0.1) is 17.3 Å². The number of phenols is 1. The first-order chi connectivity index (χ1) is 19.6. The number of hydrogen-bond acceptors (Lipinski definition) is 9. The summed E-state index contributed by atoms with van der Waals surface area (Å²) in [6.45, 7) is 7.20. The van der Waals surface area contributed by atoms with Crippen molar-refractivity contribution in [2.75, 3.05) is 26.0 Å². The molecule has 0 aliphatic heterocycles. The maximum Gasteiger partial charge on any atom is 0.255 e. The molecular weight excluding hydrogens is 538 g/mol. The summed E-state index contributed by atoms with van der Waals surface area (Å²) in [7, 11) is 3.15. The Balaban J connectivity index is 1.62. The second-order valence-electron chi connectivity index (χ2n) is 12.9. The molecule has 3 aliphatic carbocycles. The third-order valence-corrected chi connectivity index (χ3v) is 8.62. The highest BCUT2D eigenvalue weighted by molar-refractivity contribution is 6.24. The van der Waals surface area contributed by atoms with Gasteiger partial charge in [-0.25, -0.2) is 0 Å². The number of carbonyl (C=O) groups excluding carboxylic acids is 3. The molecule has 0 saturated heterocycles. The molecule has 1 fully saturated rings. The summed E-state index contributed by atoms with van der Waals surface area (Å²) in [4.78, 5) is 40.9. The molecule has 0 heterocycles. The average Bonchev–Trinajstić information content (AvgIpc) is 2.89. The third kappa shape index (κ3) is 4.46. The maximum absolute atomic E-state index is 14.0. The standard InChI is InChI=1S/C32H37N3O7/c1-31(2,3)14-34-17-8-6-15(7-9-17)18-10-11-21(36)23-19(18)12-16-13-20-25(35(4)5)27(38)24(30(33)41)29(40)32(20,42)28(39)22(16)26(23)37/h6-11,16,20,25,34,36-37,40,42H,12-14H2,1-5H3,(H2,33,41)/t16-,20-,25-,32-/m0/s1. The molecule has 1 amide bonds. The molecule has 42 heavy (non-hydrogen) atoms. The Hall–Kier alpha value is -4.15. The normalized spacial score (nSPS) is 25.7. The lowest BCUT2D eigenvalue weighted by atomic mass is 9.57. The van der Waals surface area contributed by atoms with Gasteiger partial charge in [0, 0.05) is 23.7 Å². The van der Waals surface area contributed by atoms with Gasteiger partial charge in [-0.1, -0.05) is 39.0 Å². The van der Waals surface area contributed by atoms with Crippen LogP contribution >= 0.6 is 0 Å². The van der Waals surface area contributed by atoms with E-state index in [2.05, 4.69) is 26.1 Å². The van der Waals surface area contributed by atoms with Crippen molar-refractivity contribution in [3.05, 3.63) is 64.4 Å². The summed E-state index contributed by atoms with van der Waals surface area (Å²) < 4.78 is 0. The van der Waals surface area contributed by atoms with Crippen molar-refractivity contribution >= 4 is 28.9 Å². The fourth-order valence-corrected chi connectivity index (χ4v) is 6.65. The quantitative estimate of drug-likeness (QED) is 0.293. The van der Waals surface area contributed by atoms with Gasteiger partial charge >= 0.3 is 0 Å². The highest BCUT2D eigenvalue weighted by Crippen LogP contribution is 2.53. The van der Waals surface area contributed by atoms with E-state index in [0.29, 0.717) is 5.56 Å². The molecule has 1 saturated carbocycles. The van der Waals surface area contributed by atoms with Gasteiger partial charge in [0.1, 0.15) is 22.8 Å². The summed E-state index contributed by atoms with van der Waals surface area (Å²) in [5.41, 5.74) is 5.05. The van der Waals surface area contributed by atoms with E-state index < -0.39 is 58.0 Å². The molecule has 0 radical (unpaired) electrons. The molecule has 0 bridgehead atoms.